The van der Waals surface area contributed by atoms with Crippen molar-refractivity contribution in [1.82, 2.24) is 10.2 Å². The lowest BCUT2D eigenvalue weighted by atomic mass is 10.0. The summed E-state index contributed by atoms with van der Waals surface area (Å²) in [6.45, 7) is 0. The Morgan fingerprint density at radius 3 is 2.78 bits per heavy atom. The summed E-state index contributed by atoms with van der Waals surface area (Å²) in [4.78, 5) is 11.8. The van der Waals surface area contributed by atoms with Crippen molar-refractivity contribution >= 4 is 32.4 Å². The molecule has 3 N–H and O–H groups in total. The molecule has 0 radical (unpaired) electrons. The first-order valence-corrected chi connectivity index (χ1v) is 7.33. The van der Waals surface area contributed by atoms with Crippen molar-refractivity contribution in [3.63, 3.8) is 0 Å². The number of sulfonamides is 1. The van der Waals surface area contributed by atoms with Crippen LogP contribution in [0.5, 0.6) is 0 Å². The Labute approximate surface area is 107 Å². The number of anilines is 1. The van der Waals surface area contributed by atoms with Gasteiger partial charge in [0.25, 0.3) is 10.0 Å². The van der Waals surface area contributed by atoms with Crippen LogP contribution in [0, 0.1) is 5.92 Å². The number of hydrogen-bond acceptors (Lipinski definition) is 6. The summed E-state index contributed by atoms with van der Waals surface area (Å²) in [5, 5.41) is 14.5. The molecule has 9 heteroatoms. The SMILES string of the molecule is NS(=O)(=O)c1nnc(NC(=O)[C@@H]2C=CC=CC2)s1. The van der Waals surface area contributed by atoms with Crippen molar-refractivity contribution in [2.24, 2.45) is 11.1 Å². The Hall–Kier alpha value is -1.58. The van der Waals surface area contributed by atoms with E-state index in [1.807, 2.05) is 12.2 Å². The molecular weight excluding hydrogens is 276 g/mol. The van der Waals surface area contributed by atoms with Crippen LogP contribution >= 0.6 is 11.3 Å². The van der Waals surface area contributed by atoms with Gasteiger partial charge in [-0.25, -0.2) is 13.6 Å². The summed E-state index contributed by atoms with van der Waals surface area (Å²) in [5.41, 5.74) is 0. The van der Waals surface area contributed by atoms with E-state index in [0.29, 0.717) is 6.42 Å². The summed E-state index contributed by atoms with van der Waals surface area (Å²) in [5.74, 6) is -0.537. The molecule has 0 spiro atoms. The normalized spacial score (nSPS) is 18.8. The van der Waals surface area contributed by atoms with Crippen LogP contribution in [0.4, 0.5) is 5.13 Å². The number of aromatic nitrogens is 2. The summed E-state index contributed by atoms with van der Waals surface area (Å²) >= 11 is 0.723. The van der Waals surface area contributed by atoms with Gasteiger partial charge in [-0.3, -0.25) is 10.1 Å². The minimum absolute atomic E-state index is 0.118. The zero-order valence-corrected chi connectivity index (χ0v) is 10.7. The van der Waals surface area contributed by atoms with Gasteiger partial charge in [0.15, 0.2) is 0 Å². The largest absolute Gasteiger partial charge is 0.300 e. The van der Waals surface area contributed by atoms with Gasteiger partial charge in [-0.05, 0) is 6.42 Å². The lowest BCUT2D eigenvalue weighted by Gasteiger charge is -2.10. The maximum atomic E-state index is 11.8. The zero-order valence-electron chi connectivity index (χ0n) is 9.11. The van der Waals surface area contributed by atoms with Crippen LogP contribution in [0.25, 0.3) is 0 Å². The Balaban J connectivity index is 2.06. The quantitative estimate of drug-likeness (QED) is 0.773. The highest BCUT2D eigenvalue weighted by molar-refractivity contribution is 7.91. The van der Waals surface area contributed by atoms with E-state index >= 15 is 0 Å². The number of rotatable bonds is 3. The second kappa shape index (κ2) is 4.96. The second-order valence-electron chi connectivity index (χ2n) is 3.56. The van der Waals surface area contributed by atoms with E-state index in [2.05, 4.69) is 15.5 Å². The van der Waals surface area contributed by atoms with E-state index in [1.165, 1.54) is 0 Å². The van der Waals surface area contributed by atoms with E-state index in [1.54, 1.807) is 12.2 Å². The molecule has 1 aliphatic rings. The highest BCUT2D eigenvalue weighted by Gasteiger charge is 2.19. The highest BCUT2D eigenvalue weighted by atomic mass is 32.2. The van der Waals surface area contributed by atoms with E-state index < -0.39 is 10.0 Å². The molecule has 1 heterocycles. The number of hydrogen-bond donors (Lipinski definition) is 2. The van der Waals surface area contributed by atoms with Crippen molar-refractivity contribution < 1.29 is 13.2 Å². The molecule has 7 nitrogen and oxygen atoms in total. The standard InChI is InChI=1S/C9H10N4O3S2/c10-18(15,16)9-13-12-8(17-9)11-7(14)6-4-2-1-3-5-6/h1-4,6H,5H2,(H2,10,15,16)(H,11,12,14)/t6-/m1/s1. The van der Waals surface area contributed by atoms with Crippen LogP contribution in [0.2, 0.25) is 0 Å². The smallest absolute Gasteiger partial charge is 0.267 e. The Kier molecular flexibility index (Phi) is 3.55. The number of nitrogens with one attached hydrogen (secondary N) is 1. The van der Waals surface area contributed by atoms with E-state index in [9.17, 15) is 13.2 Å². The Morgan fingerprint density at radius 2 is 2.22 bits per heavy atom. The number of nitrogens with two attached hydrogens (primary N) is 1. The van der Waals surface area contributed by atoms with Gasteiger partial charge < -0.3 is 0 Å². The number of amides is 1. The van der Waals surface area contributed by atoms with Gasteiger partial charge >= 0.3 is 0 Å². The first kappa shape index (κ1) is 12.9. The summed E-state index contributed by atoms with van der Waals surface area (Å²) in [6, 6.07) is 0. The van der Waals surface area contributed by atoms with Crippen LogP contribution in [0.15, 0.2) is 28.6 Å². The molecule has 0 bridgehead atoms. The zero-order chi connectivity index (χ0) is 13.2. The predicted octanol–water partition coefficient (Wildman–Crippen LogP) is 0.256. The van der Waals surface area contributed by atoms with Gasteiger partial charge in [-0.2, -0.15) is 0 Å². The van der Waals surface area contributed by atoms with E-state index in [-0.39, 0.29) is 21.3 Å². The molecule has 1 aliphatic carbocycles. The molecule has 0 saturated carbocycles. The van der Waals surface area contributed by atoms with Crippen LogP contribution in [0.3, 0.4) is 0 Å². The van der Waals surface area contributed by atoms with E-state index in [4.69, 9.17) is 5.14 Å². The lowest BCUT2D eigenvalue weighted by molar-refractivity contribution is -0.118. The molecule has 0 unspecified atom stereocenters. The van der Waals surface area contributed by atoms with Gasteiger partial charge in [0.05, 0.1) is 5.92 Å². The molecule has 1 aromatic heterocycles. The minimum Gasteiger partial charge on any atom is -0.300 e. The summed E-state index contributed by atoms with van der Waals surface area (Å²) in [6.07, 6.45) is 7.87. The Bertz CT molecular complexity index is 618. The number of allylic oxidation sites excluding steroid dienone is 3. The third-order valence-electron chi connectivity index (χ3n) is 2.20. The summed E-state index contributed by atoms with van der Waals surface area (Å²) < 4.78 is 21.7. The van der Waals surface area contributed by atoms with Crippen LogP contribution < -0.4 is 10.5 Å². The fraction of sp³-hybridized carbons (Fsp3) is 0.222. The highest BCUT2D eigenvalue weighted by Crippen LogP contribution is 2.20. The number of nitrogens with zero attached hydrogens (tertiary/aromatic N) is 2. The lowest BCUT2D eigenvalue weighted by Crippen LogP contribution is -2.21. The topological polar surface area (TPSA) is 115 Å². The molecule has 0 aliphatic heterocycles. The fourth-order valence-corrected chi connectivity index (χ4v) is 2.68. The molecule has 1 amide bonds. The molecule has 0 fully saturated rings. The molecule has 0 aromatic carbocycles. The number of primary sulfonamides is 1. The van der Waals surface area contributed by atoms with Crippen molar-refractivity contribution in [3.8, 4) is 0 Å². The van der Waals surface area contributed by atoms with Crippen LogP contribution in [0.1, 0.15) is 6.42 Å². The van der Waals surface area contributed by atoms with Gasteiger partial charge in [0.1, 0.15) is 0 Å². The van der Waals surface area contributed by atoms with Crippen molar-refractivity contribution in [1.29, 1.82) is 0 Å². The van der Waals surface area contributed by atoms with E-state index in [0.717, 1.165) is 11.3 Å². The third-order valence-corrected chi connectivity index (χ3v) is 4.35. The maximum absolute atomic E-state index is 11.8. The summed E-state index contributed by atoms with van der Waals surface area (Å²) in [7, 11) is -3.87. The van der Waals surface area contributed by atoms with Gasteiger partial charge in [-0.1, -0.05) is 35.6 Å². The number of carbonyl (C=O) groups excluding carboxylic acids is 1. The molecule has 1 atom stereocenters. The molecule has 18 heavy (non-hydrogen) atoms. The minimum atomic E-state index is -3.87. The molecule has 96 valence electrons. The van der Waals surface area contributed by atoms with Crippen LogP contribution in [-0.4, -0.2) is 24.5 Å². The van der Waals surface area contributed by atoms with Gasteiger partial charge in [0, 0.05) is 0 Å². The van der Waals surface area contributed by atoms with Crippen molar-refractivity contribution in [2.75, 3.05) is 5.32 Å². The monoisotopic (exact) mass is 286 g/mol. The maximum Gasteiger partial charge on any atom is 0.267 e. The molecule has 0 saturated heterocycles. The molecule has 2 rings (SSSR count). The fourth-order valence-electron chi connectivity index (χ4n) is 1.35. The van der Waals surface area contributed by atoms with Gasteiger partial charge in [0.2, 0.25) is 15.4 Å². The predicted molar refractivity (Wildman–Crippen MR) is 66.3 cm³/mol. The number of carbonyl (C=O) groups is 1. The first-order chi connectivity index (χ1) is 8.47. The third kappa shape index (κ3) is 3.00. The van der Waals surface area contributed by atoms with Crippen LogP contribution in [-0.2, 0) is 14.8 Å². The molecular formula is C9H10N4O3S2. The Morgan fingerprint density at radius 1 is 1.44 bits per heavy atom. The average molecular weight is 286 g/mol. The second-order valence-corrected chi connectivity index (χ2v) is 6.28. The molecule has 1 aromatic rings. The van der Waals surface area contributed by atoms with Crippen molar-refractivity contribution in [2.45, 2.75) is 10.8 Å². The first-order valence-electron chi connectivity index (χ1n) is 4.97. The average Bonchev–Trinajstić information content (AvgIpc) is 2.78. The van der Waals surface area contributed by atoms with Gasteiger partial charge in [-0.15, -0.1) is 10.2 Å². The van der Waals surface area contributed by atoms with Crippen molar-refractivity contribution in [3.05, 3.63) is 24.3 Å².